The van der Waals surface area contributed by atoms with Crippen LogP contribution < -0.4 is 9.46 Å². The Balaban J connectivity index is 3.07. The Morgan fingerprint density at radius 1 is 1.38 bits per heavy atom. The van der Waals surface area contributed by atoms with E-state index in [9.17, 15) is 12.8 Å². The molecule has 0 amide bonds. The molecule has 1 atom stereocenters. The molecule has 120 valence electrons. The molecule has 0 radical (unpaired) electrons. The van der Waals surface area contributed by atoms with Crippen LogP contribution in [0.1, 0.15) is 27.2 Å². The Kier molecular flexibility index (Phi) is 5.72. The van der Waals surface area contributed by atoms with Crippen LogP contribution in [0, 0.1) is 11.2 Å². The van der Waals surface area contributed by atoms with Crippen molar-refractivity contribution in [1.82, 2.24) is 4.72 Å². The number of halogens is 1. The Morgan fingerprint density at radius 3 is 2.43 bits per heavy atom. The molecule has 0 aliphatic rings. The molecule has 21 heavy (non-hydrogen) atoms. The number of aliphatic hydroxyl groups excluding tert-OH is 1. The number of rotatable bonds is 6. The number of aliphatic hydroxyl groups is 1. The molecule has 0 spiro atoms. The predicted molar refractivity (Wildman–Crippen MR) is 78.2 cm³/mol. The lowest BCUT2D eigenvalue weighted by molar-refractivity contribution is 0.214. The molecule has 5 nitrogen and oxygen atoms in total. The van der Waals surface area contributed by atoms with E-state index >= 15 is 0 Å². The first kappa shape index (κ1) is 17.9. The van der Waals surface area contributed by atoms with Gasteiger partial charge < -0.3 is 9.84 Å². The van der Waals surface area contributed by atoms with Crippen LogP contribution in [0.15, 0.2) is 23.1 Å². The summed E-state index contributed by atoms with van der Waals surface area (Å²) in [6.07, 6.45) is 0.279. The third-order valence-electron chi connectivity index (χ3n) is 3.19. The second-order valence-electron chi connectivity index (χ2n) is 5.85. The summed E-state index contributed by atoms with van der Waals surface area (Å²) >= 11 is 0. The predicted octanol–water partition coefficient (Wildman–Crippen LogP) is 1.91. The van der Waals surface area contributed by atoms with Crippen molar-refractivity contribution in [2.24, 2.45) is 5.41 Å². The van der Waals surface area contributed by atoms with E-state index in [1.165, 1.54) is 19.2 Å². The fourth-order valence-electron chi connectivity index (χ4n) is 1.87. The maximum absolute atomic E-state index is 13.6. The molecule has 1 aromatic carbocycles. The molecule has 1 rings (SSSR count). The van der Waals surface area contributed by atoms with Gasteiger partial charge in [0.15, 0.2) is 11.6 Å². The van der Waals surface area contributed by atoms with Crippen molar-refractivity contribution in [1.29, 1.82) is 0 Å². The molecule has 0 fully saturated rings. The maximum atomic E-state index is 13.6. The van der Waals surface area contributed by atoms with Crippen LogP contribution in [0.5, 0.6) is 5.75 Å². The number of hydrogen-bond acceptors (Lipinski definition) is 4. The van der Waals surface area contributed by atoms with Gasteiger partial charge in [0.25, 0.3) is 0 Å². The van der Waals surface area contributed by atoms with E-state index in [4.69, 9.17) is 9.84 Å². The van der Waals surface area contributed by atoms with Gasteiger partial charge >= 0.3 is 0 Å². The van der Waals surface area contributed by atoms with Crippen LogP contribution in [-0.4, -0.2) is 33.3 Å². The second kappa shape index (κ2) is 6.72. The van der Waals surface area contributed by atoms with Crippen LogP contribution in [0.25, 0.3) is 0 Å². The van der Waals surface area contributed by atoms with Gasteiger partial charge in [-0.2, -0.15) is 0 Å². The lowest BCUT2D eigenvalue weighted by Crippen LogP contribution is -2.44. The van der Waals surface area contributed by atoms with Gasteiger partial charge in [-0.1, -0.05) is 20.8 Å². The molecule has 0 saturated heterocycles. The van der Waals surface area contributed by atoms with Crippen molar-refractivity contribution < 1.29 is 22.7 Å². The second-order valence-corrected chi connectivity index (χ2v) is 7.56. The van der Waals surface area contributed by atoms with Gasteiger partial charge in [-0.25, -0.2) is 17.5 Å². The molecular formula is C14H22FNO4S. The minimum atomic E-state index is -3.87. The molecule has 0 heterocycles. The monoisotopic (exact) mass is 319 g/mol. The third-order valence-corrected chi connectivity index (χ3v) is 4.66. The number of ether oxygens (including phenoxy) is 1. The summed E-state index contributed by atoms with van der Waals surface area (Å²) < 4.78 is 45.6. The summed E-state index contributed by atoms with van der Waals surface area (Å²) in [4.78, 5) is -0.173. The topological polar surface area (TPSA) is 75.6 Å². The van der Waals surface area contributed by atoms with E-state index in [1.807, 2.05) is 20.8 Å². The minimum absolute atomic E-state index is 0.0170. The van der Waals surface area contributed by atoms with Crippen LogP contribution in [-0.2, 0) is 10.0 Å². The lowest BCUT2D eigenvalue weighted by Gasteiger charge is -2.30. The fraction of sp³-hybridized carbons (Fsp3) is 0.571. The summed E-state index contributed by atoms with van der Waals surface area (Å²) in [6.45, 7) is 5.46. The zero-order chi connectivity index (χ0) is 16.3. The first-order valence-corrected chi connectivity index (χ1v) is 8.07. The van der Waals surface area contributed by atoms with Crippen molar-refractivity contribution in [2.45, 2.75) is 38.1 Å². The van der Waals surface area contributed by atoms with E-state index in [1.54, 1.807) is 0 Å². The minimum Gasteiger partial charge on any atom is -0.494 e. The normalized spacial score (nSPS) is 14.0. The zero-order valence-corrected chi connectivity index (χ0v) is 13.5. The van der Waals surface area contributed by atoms with Crippen molar-refractivity contribution in [3.8, 4) is 5.75 Å². The zero-order valence-electron chi connectivity index (χ0n) is 12.7. The Bertz CT molecular complexity index is 581. The van der Waals surface area contributed by atoms with Crippen LogP contribution in [0.2, 0.25) is 0 Å². The summed E-state index contributed by atoms with van der Waals surface area (Å²) in [5.74, 6) is -0.758. The van der Waals surface area contributed by atoms with E-state index in [2.05, 4.69) is 4.72 Å². The quantitative estimate of drug-likeness (QED) is 0.840. The number of nitrogens with one attached hydrogen (secondary N) is 1. The summed E-state index contributed by atoms with van der Waals surface area (Å²) in [5, 5.41) is 9.07. The molecular weight excluding hydrogens is 297 g/mol. The third kappa shape index (κ3) is 4.66. The van der Waals surface area contributed by atoms with Crippen LogP contribution >= 0.6 is 0 Å². The molecule has 0 aliphatic carbocycles. The summed E-state index contributed by atoms with van der Waals surface area (Å²) in [6, 6.07) is 3.00. The Labute approximate surface area is 125 Å². The SMILES string of the molecule is COc1ccc(S(=O)(=O)NC(CCO)C(C)(C)C)cc1F. The van der Waals surface area contributed by atoms with E-state index in [0.29, 0.717) is 0 Å². The summed E-state index contributed by atoms with van der Waals surface area (Å²) in [5.41, 5.74) is -0.374. The first-order valence-electron chi connectivity index (χ1n) is 6.58. The smallest absolute Gasteiger partial charge is 0.240 e. The molecule has 0 saturated carbocycles. The highest BCUT2D eigenvalue weighted by Crippen LogP contribution is 2.25. The first-order chi connectivity index (χ1) is 9.61. The molecule has 1 aromatic rings. The van der Waals surface area contributed by atoms with Gasteiger partial charge in [0, 0.05) is 12.6 Å². The van der Waals surface area contributed by atoms with Crippen molar-refractivity contribution >= 4 is 10.0 Å². The van der Waals surface area contributed by atoms with E-state index < -0.39 is 21.9 Å². The molecule has 0 aromatic heterocycles. The molecule has 0 aliphatic heterocycles. The number of hydrogen-bond donors (Lipinski definition) is 2. The Hall–Kier alpha value is -1.18. The number of benzene rings is 1. The van der Waals surface area contributed by atoms with Crippen molar-refractivity contribution in [3.05, 3.63) is 24.0 Å². The average molecular weight is 319 g/mol. The van der Waals surface area contributed by atoms with Crippen LogP contribution in [0.3, 0.4) is 0 Å². The van der Waals surface area contributed by atoms with Gasteiger partial charge in [0.2, 0.25) is 10.0 Å². The standard InChI is InChI=1S/C14H22FNO4S/c1-14(2,3)13(7-8-17)16-21(18,19)10-5-6-12(20-4)11(15)9-10/h5-6,9,13,16-17H,7-8H2,1-4H3. The highest BCUT2D eigenvalue weighted by atomic mass is 32.2. The van der Waals surface area contributed by atoms with Gasteiger partial charge in [-0.15, -0.1) is 0 Å². The largest absolute Gasteiger partial charge is 0.494 e. The van der Waals surface area contributed by atoms with Gasteiger partial charge in [0.1, 0.15) is 0 Å². The van der Waals surface area contributed by atoms with Gasteiger partial charge in [-0.3, -0.25) is 0 Å². The van der Waals surface area contributed by atoms with E-state index in [-0.39, 0.29) is 29.1 Å². The van der Waals surface area contributed by atoms with E-state index in [0.717, 1.165) is 6.07 Å². The molecule has 2 N–H and O–H groups in total. The van der Waals surface area contributed by atoms with Crippen molar-refractivity contribution in [3.63, 3.8) is 0 Å². The number of methoxy groups -OCH3 is 1. The molecule has 1 unspecified atom stereocenters. The highest BCUT2D eigenvalue weighted by Gasteiger charge is 2.29. The highest BCUT2D eigenvalue weighted by molar-refractivity contribution is 7.89. The van der Waals surface area contributed by atoms with Crippen molar-refractivity contribution in [2.75, 3.05) is 13.7 Å². The fourth-order valence-corrected chi connectivity index (χ4v) is 3.36. The average Bonchev–Trinajstić information content (AvgIpc) is 2.36. The molecule has 7 heteroatoms. The maximum Gasteiger partial charge on any atom is 0.240 e. The number of sulfonamides is 1. The van der Waals surface area contributed by atoms with Gasteiger partial charge in [-0.05, 0) is 30.0 Å². The Morgan fingerprint density at radius 2 is 2.00 bits per heavy atom. The lowest BCUT2D eigenvalue weighted by atomic mass is 9.86. The molecule has 0 bridgehead atoms. The summed E-state index contributed by atoms with van der Waals surface area (Å²) in [7, 11) is -2.56. The van der Waals surface area contributed by atoms with Crippen LogP contribution in [0.4, 0.5) is 4.39 Å². The van der Waals surface area contributed by atoms with Gasteiger partial charge in [0.05, 0.1) is 12.0 Å².